The van der Waals surface area contributed by atoms with Crippen molar-refractivity contribution in [2.45, 2.75) is 49.1 Å². The number of hydrogen-bond donors (Lipinski definition) is 4. The van der Waals surface area contributed by atoms with Gasteiger partial charge in [0.05, 0.1) is 33.3 Å². The maximum absolute atomic E-state index is 16.1. The molecule has 0 aliphatic carbocycles. The van der Waals surface area contributed by atoms with Crippen LogP contribution in [0.25, 0.3) is 22.3 Å². The number of H-pyrrole nitrogens is 1. The third-order valence-corrected chi connectivity index (χ3v) is 10.2. The van der Waals surface area contributed by atoms with Gasteiger partial charge in [-0.15, -0.1) is 0 Å². The second-order valence-corrected chi connectivity index (χ2v) is 14.7. The first kappa shape index (κ1) is 31.6. The number of halogens is 1. The summed E-state index contributed by atoms with van der Waals surface area (Å²) in [5.74, 6) is -0.153. The van der Waals surface area contributed by atoms with Crippen LogP contribution in [0.5, 0.6) is 0 Å². The van der Waals surface area contributed by atoms with E-state index in [2.05, 4.69) is 29.9 Å². The molecule has 7 rings (SSSR count). The molecule has 3 fully saturated rings. The Balaban J connectivity index is 1.22. The van der Waals surface area contributed by atoms with Crippen molar-refractivity contribution in [3.63, 3.8) is 0 Å². The van der Waals surface area contributed by atoms with Crippen LogP contribution in [0.3, 0.4) is 0 Å². The highest BCUT2D eigenvalue weighted by Crippen LogP contribution is 2.54. The number of fused-ring (bicyclic) bond motifs is 5. The number of anilines is 2. The van der Waals surface area contributed by atoms with Gasteiger partial charge in [-0.1, -0.05) is 0 Å². The van der Waals surface area contributed by atoms with Crippen molar-refractivity contribution < 1.29 is 46.2 Å². The Morgan fingerprint density at radius 3 is 2.50 bits per heavy atom. The van der Waals surface area contributed by atoms with Gasteiger partial charge in [0, 0.05) is 7.11 Å². The summed E-state index contributed by atoms with van der Waals surface area (Å²) >= 11 is 5.22. The highest BCUT2D eigenvalue weighted by molar-refractivity contribution is 8.07. The number of aromatic amines is 1. The van der Waals surface area contributed by atoms with E-state index in [0.717, 1.165) is 0 Å². The monoisotopic (exact) mass is 700 g/mol. The van der Waals surface area contributed by atoms with Crippen LogP contribution in [0.4, 0.5) is 16.2 Å². The minimum atomic E-state index is -4.54. The summed E-state index contributed by atoms with van der Waals surface area (Å²) in [5.41, 5.74) is 11.2. The molecule has 2 bridgehead atoms. The van der Waals surface area contributed by atoms with Crippen molar-refractivity contribution in [2.75, 3.05) is 31.8 Å². The van der Waals surface area contributed by atoms with Crippen LogP contribution in [0.2, 0.25) is 0 Å². The molecule has 7 heterocycles. The van der Waals surface area contributed by atoms with E-state index in [9.17, 15) is 14.3 Å². The summed E-state index contributed by atoms with van der Waals surface area (Å²) in [7, 11) is 2.79. The quantitative estimate of drug-likeness (QED) is 0.156. The third-order valence-electron chi connectivity index (χ3n) is 7.55. The summed E-state index contributed by atoms with van der Waals surface area (Å²) in [6.07, 6.45) is -7.46. The number of nitrogens with zero attached hydrogens (tertiary/aromatic N) is 7. The average molecular weight is 700 g/mol. The van der Waals surface area contributed by atoms with Gasteiger partial charge in [0.25, 0.3) is 5.56 Å². The number of methoxy groups -OCH3 is 1. The molecule has 0 amide bonds. The molecule has 10 atom stereocenters. The Hall–Kier alpha value is -2.95. The maximum Gasteiger partial charge on any atom is 0.325 e. The third kappa shape index (κ3) is 5.54. The predicted octanol–water partition coefficient (Wildman–Crippen LogP) is -0.418. The Morgan fingerprint density at radius 2 is 1.74 bits per heavy atom. The van der Waals surface area contributed by atoms with Crippen LogP contribution in [-0.4, -0.2) is 109 Å². The van der Waals surface area contributed by atoms with Crippen LogP contribution in [-0.2, 0) is 48.7 Å². The molecular formula is C21H24BFN10O10P2S-. The number of nitrogen functional groups attached to an aromatic ring is 2. The fourth-order valence-electron chi connectivity index (χ4n) is 5.56. The lowest BCUT2D eigenvalue weighted by Gasteiger charge is -2.34. The molecule has 0 saturated carbocycles. The lowest BCUT2D eigenvalue weighted by molar-refractivity contribution is -0.0594. The van der Waals surface area contributed by atoms with Gasteiger partial charge in [0.1, 0.15) is 42.4 Å². The molecule has 0 spiro atoms. The van der Waals surface area contributed by atoms with Crippen molar-refractivity contribution in [1.29, 1.82) is 0 Å². The number of alkyl halides is 1. The van der Waals surface area contributed by atoms with E-state index in [4.69, 9.17) is 63.1 Å². The number of hydrogen-bond acceptors (Lipinski definition) is 17. The van der Waals surface area contributed by atoms with Crippen LogP contribution in [0, 0.1) is 0 Å². The van der Waals surface area contributed by atoms with E-state index in [1.807, 2.05) is 0 Å². The van der Waals surface area contributed by atoms with Crippen molar-refractivity contribution in [2.24, 2.45) is 0 Å². The largest absolute Gasteiger partial charge is 0.444 e. The Bertz CT molecular complexity index is 1970. The number of rotatable bonds is 3. The van der Waals surface area contributed by atoms with Gasteiger partial charge in [-0.25, -0.2) is 24.3 Å². The van der Waals surface area contributed by atoms with Gasteiger partial charge in [0.15, 0.2) is 41.3 Å². The molecule has 9 unspecified atom stereocenters. The summed E-state index contributed by atoms with van der Waals surface area (Å²) < 4.78 is 72.3. The number of imidazole rings is 2. The first-order chi connectivity index (χ1) is 21.9. The zero-order valence-corrected chi connectivity index (χ0v) is 26.0. The fourth-order valence-corrected chi connectivity index (χ4v) is 7.97. The van der Waals surface area contributed by atoms with E-state index in [1.165, 1.54) is 35.2 Å². The van der Waals surface area contributed by atoms with Gasteiger partial charge in [-0.3, -0.25) is 23.4 Å². The molecule has 6 N–H and O–H groups in total. The number of ether oxygens (including phenoxy) is 3. The Morgan fingerprint density at radius 1 is 1.04 bits per heavy atom. The lowest BCUT2D eigenvalue weighted by Crippen LogP contribution is -2.37. The lowest BCUT2D eigenvalue weighted by atomic mass is 10.1. The van der Waals surface area contributed by atoms with Gasteiger partial charge in [-0.05, 0) is 11.8 Å². The fraction of sp³-hybridized carbons (Fsp3) is 0.524. The van der Waals surface area contributed by atoms with E-state index in [-0.39, 0.29) is 34.1 Å². The van der Waals surface area contributed by atoms with Crippen molar-refractivity contribution in [1.82, 2.24) is 39.0 Å². The molecule has 0 aromatic carbocycles. The molecule has 4 aromatic rings. The number of nitrogens with one attached hydrogen (secondary N) is 1. The van der Waals surface area contributed by atoms with Crippen LogP contribution >= 0.6 is 14.2 Å². The molecule has 20 nitrogen and oxygen atoms in total. The smallest absolute Gasteiger partial charge is 0.325 e. The molecule has 3 radical (unpaired) electrons. The normalized spacial score (nSPS) is 37.1. The molecule has 3 aliphatic heterocycles. The minimum absolute atomic E-state index is 0.00190. The van der Waals surface area contributed by atoms with E-state index in [1.54, 1.807) is 0 Å². The van der Waals surface area contributed by atoms with Gasteiger partial charge in [0.2, 0.25) is 5.95 Å². The SMILES string of the molecule is [B-][P@]1(=O)OCC2OC(n3cnc4c(N)ncnc43)C(F)C2OP(O)(=S)OCC2OC(n3cnc4c(=O)[nH]c(N)nc43)C(O1)C2OC. The molecule has 3 aliphatic rings. The van der Waals surface area contributed by atoms with E-state index >= 15 is 4.39 Å². The van der Waals surface area contributed by atoms with Gasteiger partial charge < -0.3 is 56.3 Å². The highest BCUT2D eigenvalue weighted by atomic mass is 32.5. The summed E-state index contributed by atoms with van der Waals surface area (Å²) in [6.45, 7) is -5.36. The predicted molar refractivity (Wildman–Crippen MR) is 157 cm³/mol. The number of nitrogens with two attached hydrogens (primary N) is 2. The van der Waals surface area contributed by atoms with Crippen LogP contribution in [0.1, 0.15) is 12.5 Å². The second kappa shape index (κ2) is 11.6. The average Bonchev–Trinajstić information content (AvgIpc) is 3.75. The van der Waals surface area contributed by atoms with Crippen molar-refractivity contribution >= 4 is 67.7 Å². The summed E-state index contributed by atoms with van der Waals surface area (Å²) in [6, 6.07) is 0. The Labute approximate surface area is 263 Å². The van der Waals surface area contributed by atoms with Crippen molar-refractivity contribution in [3.05, 3.63) is 29.3 Å². The second-order valence-electron chi connectivity index (χ2n) is 10.4. The maximum atomic E-state index is 16.1. The van der Waals surface area contributed by atoms with Crippen LogP contribution in [0.15, 0.2) is 23.8 Å². The van der Waals surface area contributed by atoms with E-state index in [0.29, 0.717) is 0 Å². The zero-order chi connectivity index (χ0) is 32.5. The molecular weight excluding hydrogens is 676 g/mol. The zero-order valence-electron chi connectivity index (χ0n) is 23.4. The minimum Gasteiger partial charge on any atom is -0.444 e. The first-order valence-corrected chi connectivity index (χ1v) is 17.6. The first-order valence-electron chi connectivity index (χ1n) is 13.4. The molecule has 4 aromatic heterocycles. The van der Waals surface area contributed by atoms with Gasteiger partial charge >= 0.3 is 6.72 Å². The molecule has 46 heavy (non-hydrogen) atoms. The Kier molecular flexibility index (Phi) is 8.00. The highest BCUT2D eigenvalue weighted by Gasteiger charge is 2.52. The van der Waals surface area contributed by atoms with Crippen molar-refractivity contribution in [3.8, 4) is 0 Å². The summed E-state index contributed by atoms with van der Waals surface area (Å²) in [4.78, 5) is 46.0. The summed E-state index contributed by atoms with van der Waals surface area (Å²) in [5, 5.41) is 0. The van der Waals surface area contributed by atoms with Gasteiger partial charge in [-0.2, -0.15) is 4.98 Å². The number of aromatic nitrogens is 8. The molecule has 245 valence electrons. The van der Waals surface area contributed by atoms with E-state index < -0.39 is 82.1 Å². The standard InChI is InChI=1S/C21H24BFN10O10P2S/c1-37-13-8-3-39-45(36,46)43-12-7(40-19(9(12)23)32-5-28-10-15(24)26-4-27-16(10)32)2-38-44(22,35)42-14(13)20(41-8)33-6-29-11-17(33)30-21(25)31-18(11)34/h4-9,12-14,19-20H,2-3H2,1H3,(H,36,46)(H2,24,26,27)(H3,25,30,31,34)/q-1/t7?,8?,9?,12?,13?,14?,19?,20?,44-,45?/m0/s1. The molecule has 3 saturated heterocycles. The molecule has 25 heteroatoms. The topological polar surface area (TPSA) is 261 Å². The van der Waals surface area contributed by atoms with Crippen LogP contribution < -0.4 is 17.0 Å².